The van der Waals surface area contributed by atoms with Gasteiger partial charge in [0.25, 0.3) is 0 Å². The van der Waals surface area contributed by atoms with Crippen molar-refractivity contribution in [1.82, 2.24) is 10.2 Å². The van der Waals surface area contributed by atoms with Gasteiger partial charge in [0.1, 0.15) is 21.9 Å². The minimum atomic E-state index is -1.01. The van der Waals surface area contributed by atoms with Gasteiger partial charge >= 0.3 is 5.97 Å². The summed E-state index contributed by atoms with van der Waals surface area (Å²) in [6, 6.07) is 13.8. The van der Waals surface area contributed by atoms with Gasteiger partial charge in [0.05, 0.1) is 5.25 Å². The molecule has 6 nitrogen and oxygen atoms in total. The van der Waals surface area contributed by atoms with Crippen LogP contribution >= 0.6 is 35.8 Å². The summed E-state index contributed by atoms with van der Waals surface area (Å²) in [5.74, 6) is 0.246. The van der Waals surface area contributed by atoms with E-state index in [4.69, 9.17) is 33.8 Å². The third kappa shape index (κ3) is 5.45. The number of ether oxygens (including phenoxy) is 1. The number of hydrogen-bond donors (Lipinski definition) is 3. The summed E-state index contributed by atoms with van der Waals surface area (Å²) in [7, 11) is 0. The first kappa shape index (κ1) is 20.6. The average molecular weight is 437 g/mol. The second-order valence-corrected chi connectivity index (χ2v) is 8.28. The molecule has 1 amide bonds. The molecule has 0 spiro atoms. The molecule has 0 radical (unpaired) electrons. The lowest BCUT2D eigenvalue weighted by Crippen LogP contribution is -2.32. The third-order valence-electron chi connectivity index (χ3n) is 4.14. The summed E-state index contributed by atoms with van der Waals surface area (Å²) in [6.45, 7) is 0. The van der Waals surface area contributed by atoms with Crippen LogP contribution < -0.4 is 14.9 Å². The molecule has 28 heavy (non-hydrogen) atoms. The standard InChI is InChI=1S/C19H17ClN2O4S2/c20-22-15(18(24)25)9-11-1-5-13(6-2-11)26-14-7-3-12(4-8-14)10-16-17(23)21-19(27)28-16/h1-8,15-16,22H,9-10H2,(H,24,25)(H,21,23,27). The molecule has 0 aromatic heterocycles. The van der Waals surface area contributed by atoms with E-state index in [1.807, 2.05) is 24.3 Å². The maximum absolute atomic E-state index is 11.8. The molecule has 9 heteroatoms. The zero-order valence-electron chi connectivity index (χ0n) is 14.6. The van der Waals surface area contributed by atoms with Crippen LogP contribution in [-0.2, 0) is 22.4 Å². The van der Waals surface area contributed by atoms with Crippen molar-refractivity contribution in [2.75, 3.05) is 0 Å². The van der Waals surface area contributed by atoms with E-state index < -0.39 is 12.0 Å². The van der Waals surface area contributed by atoms with Gasteiger partial charge in [0.15, 0.2) is 0 Å². The fraction of sp³-hybridized carbons (Fsp3) is 0.211. The molecule has 0 bridgehead atoms. The highest BCUT2D eigenvalue weighted by Crippen LogP contribution is 2.26. The Labute approximate surface area is 176 Å². The molecule has 3 rings (SSSR count). The topological polar surface area (TPSA) is 87.7 Å². The normalized spacial score (nSPS) is 17.2. The Balaban J connectivity index is 1.57. The van der Waals surface area contributed by atoms with Crippen LogP contribution in [0.25, 0.3) is 0 Å². The van der Waals surface area contributed by atoms with E-state index in [1.54, 1.807) is 24.3 Å². The van der Waals surface area contributed by atoms with Gasteiger partial charge < -0.3 is 15.2 Å². The molecular weight excluding hydrogens is 420 g/mol. The number of benzene rings is 2. The minimum Gasteiger partial charge on any atom is -0.480 e. The van der Waals surface area contributed by atoms with E-state index >= 15 is 0 Å². The molecule has 2 aromatic rings. The van der Waals surface area contributed by atoms with Crippen molar-refractivity contribution in [2.24, 2.45) is 0 Å². The lowest BCUT2D eigenvalue weighted by atomic mass is 10.1. The van der Waals surface area contributed by atoms with Crippen molar-refractivity contribution in [2.45, 2.75) is 24.1 Å². The number of carbonyl (C=O) groups excluding carboxylic acids is 1. The summed E-state index contributed by atoms with van der Waals surface area (Å²) in [5, 5.41) is 11.5. The summed E-state index contributed by atoms with van der Waals surface area (Å²) in [4.78, 5) is 25.0. The fourth-order valence-corrected chi connectivity index (χ4v) is 4.15. The molecular formula is C19H17ClN2O4S2. The summed E-state index contributed by atoms with van der Waals surface area (Å²) >= 11 is 11.8. The van der Waals surface area contributed by atoms with Crippen molar-refractivity contribution in [3.8, 4) is 11.5 Å². The monoisotopic (exact) mass is 436 g/mol. The number of amides is 1. The third-order valence-corrected chi connectivity index (χ3v) is 5.78. The predicted octanol–water partition coefficient (Wildman–Crippen LogP) is 3.28. The number of halogens is 1. The zero-order chi connectivity index (χ0) is 20.1. The Hall–Kier alpha value is -2.13. The second-order valence-electron chi connectivity index (χ2n) is 6.18. The number of carboxylic acid groups (broad SMARTS) is 1. The number of thioether (sulfide) groups is 1. The first-order valence-corrected chi connectivity index (χ1v) is 10.1. The summed E-state index contributed by atoms with van der Waals surface area (Å²) < 4.78 is 6.34. The Morgan fingerprint density at radius 2 is 1.75 bits per heavy atom. The number of nitrogens with one attached hydrogen (secondary N) is 2. The van der Waals surface area contributed by atoms with Gasteiger partial charge in [-0.25, -0.2) is 4.84 Å². The number of carboxylic acids is 1. The second kappa shape index (κ2) is 9.38. The van der Waals surface area contributed by atoms with Gasteiger partial charge in [0.2, 0.25) is 5.91 Å². The number of carbonyl (C=O) groups is 2. The number of thiocarbonyl (C=S) groups is 1. The van der Waals surface area contributed by atoms with E-state index in [0.717, 1.165) is 11.1 Å². The first-order valence-electron chi connectivity index (χ1n) is 8.41. The lowest BCUT2D eigenvalue weighted by Gasteiger charge is -2.11. The quantitative estimate of drug-likeness (QED) is 0.432. The summed E-state index contributed by atoms with van der Waals surface area (Å²) in [5.41, 5.74) is 1.85. The molecule has 1 fully saturated rings. The highest BCUT2D eigenvalue weighted by molar-refractivity contribution is 8.24. The van der Waals surface area contributed by atoms with E-state index in [-0.39, 0.29) is 17.6 Å². The molecule has 1 heterocycles. The lowest BCUT2D eigenvalue weighted by molar-refractivity contribution is -0.138. The van der Waals surface area contributed by atoms with Crippen LogP contribution in [0.2, 0.25) is 0 Å². The van der Waals surface area contributed by atoms with Crippen LogP contribution in [0.4, 0.5) is 0 Å². The summed E-state index contributed by atoms with van der Waals surface area (Å²) in [6.07, 6.45) is 0.870. The van der Waals surface area contributed by atoms with Gasteiger partial charge in [0, 0.05) is 0 Å². The van der Waals surface area contributed by atoms with Crippen molar-refractivity contribution < 1.29 is 19.4 Å². The highest BCUT2D eigenvalue weighted by atomic mass is 35.5. The smallest absolute Gasteiger partial charge is 0.322 e. The van der Waals surface area contributed by atoms with Gasteiger partial charge in [-0.2, -0.15) is 0 Å². The van der Waals surface area contributed by atoms with Crippen molar-refractivity contribution >= 4 is 52.0 Å². The Kier molecular flexibility index (Phi) is 6.90. The molecule has 0 aliphatic carbocycles. The Morgan fingerprint density at radius 1 is 1.18 bits per heavy atom. The van der Waals surface area contributed by atoms with Crippen LogP contribution in [0.1, 0.15) is 11.1 Å². The first-order chi connectivity index (χ1) is 13.4. The maximum atomic E-state index is 11.8. The molecule has 2 unspecified atom stereocenters. The van der Waals surface area contributed by atoms with Crippen LogP contribution in [0.5, 0.6) is 11.5 Å². The Morgan fingerprint density at radius 3 is 2.21 bits per heavy atom. The number of hydrogen-bond acceptors (Lipinski definition) is 6. The fourth-order valence-electron chi connectivity index (χ4n) is 2.67. The highest BCUT2D eigenvalue weighted by Gasteiger charge is 2.28. The molecule has 2 atom stereocenters. The van der Waals surface area contributed by atoms with E-state index in [9.17, 15) is 9.59 Å². The van der Waals surface area contributed by atoms with Crippen LogP contribution in [-0.4, -0.2) is 32.6 Å². The van der Waals surface area contributed by atoms with Gasteiger partial charge in [-0.1, -0.05) is 48.2 Å². The van der Waals surface area contributed by atoms with Crippen molar-refractivity contribution in [1.29, 1.82) is 0 Å². The predicted molar refractivity (Wildman–Crippen MR) is 113 cm³/mol. The molecule has 1 aliphatic rings. The van der Waals surface area contributed by atoms with Gasteiger partial charge in [-0.15, -0.1) is 0 Å². The van der Waals surface area contributed by atoms with Crippen molar-refractivity contribution in [3.63, 3.8) is 0 Å². The molecule has 2 aromatic carbocycles. The zero-order valence-corrected chi connectivity index (χ0v) is 16.9. The molecule has 0 saturated carbocycles. The van der Waals surface area contributed by atoms with Gasteiger partial charge in [-0.05, 0) is 60.0 Å². The van der Waals surface area contributed by atoms with E-state index in [1.165, 1.54) is 11.8 Å². The van der Waals surface area contributed by atoms with E-state index in [2.05, 4.69) is 10.2 Å². The number of rotatable bonds is 8. The van der Waals surface area contributed by atoms with E-state index in [0.29, 0.717) is 22.2 Å². The number of aliphatic carboxylic acids is 1. The molecule has 3 N–H and O–H groups in total. The maximum Gasteiger partial charge on any atom is 0.322 e. The molecule has 1 aliphatic heterocycles. The molecule has 146 valence electrons. The van der Waals surface area contributed by atoms with Crippen LogP contribution in [0, 0.1) is 0 Å². The Bertz CT molecular complexity index is 875. The largest absolute Gasteiger partial charge is 0.480 e. The van der Waals surface area contributed by atoms with Gasteiger partial charge in [-0.3, -0.25) is 9.59 Å². The SMILES string of the molecule is O=C(O)C(Cc1ccc(Oc2ccc(CC3SC(=S)NC3=O)cc2)cc1)NCl. The van der Waals surface area contributed by atoms with Crippen molar-refractivity contribution in [3.05, 3.63) is 59.7 Å². The minimum absolute atomic E-state index is 0.0510. The van der Waals surface area contributed by atoms with Crippen LogP contribution in [0.15, 0.2) is 48.5 Å². The average Bonchev–Trinajstić information content (AvgIpc) is 2.99. The molecule has 1 saturated heterocycles. The van der Waals surface area contributed by atoms with Crippen LogP contribution in [0.3, 0.4) is 0 Å².